The summed E-state index contributed by atoms with van der Waals surface area (Å²) in [6.07, 6.45) is 4.52. The lowest BCUT2D eigenvalue weighted by molar-refractivity contribution is 0.0947. The van der Waals surface area contributed by atoms with Gasteiger partial charge in [0, 0.05) is 22.6 Å². The van der Waals surface area contributed by atoms with Crippen LogP contribution in [0.4, 0.5) is 11.6 Å². The number of halogens is 1. The second-order valence-electron chi connectivity index (χ2n) is 4.69. The van der Waals surface area contributed by atoms with Gasteiger partial charge in [-0.25, -0.2) is 9.97 Å². The van der Waals surface area contributed by atoms with Crippen LogP contribution in [0.2, 0.25) is 0 Å². The molecule has 0 fully saturated rings. The second kappa shape index (κ2) is 7.06. The van der Waals surface area contributed by atoms with Crippen molar-refractivity contribution in [1.29, 1.82) is 0 Å². The third-order valence-corrected chi connectivity index (χ3v) is 3.55. The number of carbonyl (C=O) groups is 1. The fraction of sp³-hybridized carbons (Fsp3) is 0.0625. The summed E-state index contributed by atoms with van der Waals surface area (Å²) in [6.45, 7) is 0.324. The number of rotatable bonds is 5. The Bertz CT molecular complexity index is 771. The first-order valence-corrected chi connectivity index (χ1v) is 7.65. The van der Waals surface area contributed by atoms with E-state index < -0.39 is 0 Å². The van der Waals surface area contributed by atoms with Crippen molar-refractivity contribution in [3.63, 3.8) is 0 Å². The van der Waals surface area contributed by atoms with Crippen molar-refractivity contribution < 1.29 is 9.21 Å². The number of aromatic nitrogens is 2. The maximum absolute atomic E-state index is 12.0. The van der Waals surface area contributed by atoms with E-state index >= 15 is 0 Å². The minimum Gasteiger partial charge on any atom is -0.467 e. The Balaban J connectivity index is 1.59. The molecule has 0 saturated heterocycles. The quantitative estimate of drug-likeness (QED) is 0.716. The number of nitrogens with one attached hydrogen (secondary N) is 2. The molecule has 0 saturated carbocycles. The van der Waals surface area contributed by atoms with Gasteiger partial charge in [0.15, 0.2) is 0 Å². The lowest BCUT2D eigenvalue weighted by Crippen LogP contribution is -2.22. The number of carbonyl (C=O) groups excluding carboxylic acids is 1. The maximum Gasteiger partial charge on any atom is 0.254 e. The normalized spacial score (nSPS) is 10.3. The first kappa shape index (κ1) is 15.2. The molecule has 0 radical (unpaired) electrons. The number of furan rings is 1. The molecule has 0 aliphatic carbocycles. The van der Waals surface area contributed by atoms with Gasteiger partial charge in [0.05, 0.1) is 18.4 Å². The van der Waals surface area contributed by atoms with Gasteiger partial charge in [0.2, 0.25) is 5.95 Å². The zero-order valence-corrected chi connectivity index (χ0v) is 13.6. The van der Waals surface area contributed by atoms with E-state index in [4.69, 9.17) is 4.42 Å². The molecule has 2 heterocycles. The predicted molar refractivity (Wildman–Crippen MR) is 89.3 cm³/mol. The summed E-state index contributed by atoms with van der Waals surface area (Å²) < 4.78 is 6.15. The van der Waals surface area contributed by atoms with E-state index in [1.54, 1.807) is 18.4 Å². The van der Waals surface area contributed by atoms with E-state index in [0.717, 1.165) is 10.2 Å². The Morgan fingerprint density at radius 2 is 1.87 bits per heavy atom. The minimum atomic E-state index is -0.253. The van der Waals surface area contributed by atoms with Gasteiger partial charge in [-0.2, -0.15) is 0 Å². The maximum atomic E-state index is 12.0. The van der Waals surface area contributed by atoms with E-state index in [2.05, 4.69) is 36.5 Å². The van der Waals surface area contributed by atoms with Crippen molar-refractivity contribution in [3.05, 3.63) is 70.9 Å². The summed E-state index contributed by atoms with van der Waals surface area (Å²) >= 11 is 3.38. The standard InChI is InChI=1S/C16H13BrN4O2/c17-12-3-5-13(6-4-12)21-16-19-8-11(9-20-16)15(22)18-10-14-2-1-7-23-14/h1-9H,10H2,(H,18,22)(H,19,20,21). The van der Waals surface area contributed by atoms with Gasteiger partial charge < -0.3 is 15.1 Å². The molecular weight excluding hydrogens is 360 g/mol. The average Bonchev–Trinajstić information content (AvgIpc) is 3.09. The number of benzene rings is 1. The summed E-state index contributed by atoms with van der Waals surface area (Å²) in [5.41, 5.74) is 1.25. The Morgan fingerprint density at radius 1 is 1.13 bits per heavy atom. The number of anilines is 2. The molecule has 0 spiro atoms. The van der Waals surface area contributed by atoms with Crippen LogP contribution in [0.25, 0.3) is 0 Å². The molecule has 0 aliphatic rings. The minimum absolute atomic E-state index is 0.253. The zero-order chi connectivity index (χ0) is 16.1. The van der Waals surface area contributed by atoms with Gasteiger partial charge in [-0.15, -0.1) is 0 Å². The SMILES string of the molecule is O=C(NCc1ccco1)c1cnc(Nc2ccc(Br)cc2)nc1. The molecule has 6 nitrogen and oxygen atoms in total. The van der Waals surface area contributed by atoms with Crippen LogP contribution in [0, 0.1) is 0 Å². The summed E-state index contributed by atoms with van der Waals surface area (Å²) in [7, 11) is 0. The Hall–Kier alpha value is -2.67. The molecule has 0 bridgehead atoms. The molecule has 2 N–H and O–H groups in total. The van der Waals surface area contributed by atoms with Crippen molar-refractivity contribution in [2.24, 2.45) is 0 Å². The number of amides is 1. The van der Waals surface area contributed by atoms with Gasteiger partial charge >= 0.3 is 0 Å². The van der Waals surface area contributed by atoms with E-state index in [1.807, 2.05) is 24.3 Å². The smallest absolute Gasteiger partial charge is 0.254 e. The molecule has 0 atom stereocenters. The van der Waals surface area contributed by atoms with Crippen molar-refractivity contribution in [1.82, 2.24) is 15.3 Å². The molecular formula is C16H13BrN4O2. The highest BCUT2D eigenvalue weighted by Gasteiger charge is 2.08. The van der Waals surface area contributed by atoms with Crippen LogP contribution in [0.3, 0.4) is 0 Å². The molecule has 1 aromatic carbocycles. The van der Waals surface area contributed by atoms with E-state index in [9.17, 15) is 4.79 Å². The molecule has 0 unspecified atom stereocenters. The van der Waals surface area contributed by atoms with E-state index in [0.29, 0.717) is 23.8 Å². The molecule has 23 heavy (non-hydrogen) atoms. The van der Waals surface area contributed by atoms with Crippen molar-refractivity contribution in [2.45, 2.75) is 6.54 Å². The van der Waals surface area contributed by atoms with Gasteiger partial charge in [-0.05, 0) is 36.4 Å². The van der Waals surface area contributed by atoms with Gasteiger partial charge in [0.25, 0.3) is 5.91 Å². The van der Waals surface area contributed by atoms with E-state index in [1.165, 1.54) is 12.4 Å². The van der Waals surface area contributed by atoms with Crippen LogP contribution in [-0.2, 0) is 6.54 Å². The van der Waals surface area contributed by atoms with Crippen LogP contribution in [0.5, 0.6) is 0 Å². The lowest BCUT2D eigenvalue weighted by Gasteiger charge is -2.06. The number of hydrogen-bond donors (Lipinski definition) is 2. The third-order valence-electron chi connectivity index (χ3n) is 3.02. The Kier molecular flexibility index (Phi) is 4.68. The fourth-order valence-corrected chi connectivity index (χ4v) is 2.12. The molecule has 3 rings (SSSR count). The monoisotopic (exact) mass is 372 g/mol. The number of nitrogens with zero attached hydrogens (tertiary/aromatic N) is 2. The predicted octanol–water partition coefficient (Wildman–Crippen LogP) is 3.51. The molecule has 3 aromatic rings. The first-order valence-electron chi connectivity index (χ1n) is 6.86. The topological polar surface area (TPSA) is 80.0 Å². The molecule has 116 valence electrons. The third kappa shape index (κ3) is 4.17. The summed E-state index contributed by atoms with van der Waals surface area (Å²) in [5.74, 6) is 0.860. The zero-order valence-electron chi connectivity index (χ0n) is 12.0. The molecule has 1 amide bonds. The fourth-order valence-electron chi connectivity index (χ4n) is 1.85. The van der Waals surface area contributed by atoms with Crippen molar-refractivity contribution in [3.8, 4) is 0 Å². The summed E-state index contributed by atoms with van der Waals surface area (Å²) in [5, 5.41) is 5.80. The highest BCUT2D eigenvalue weighted by Crippen LogP contribution is 2.16. The van der Waals surface area contributed by atoms with Crippen LogP contribution >= 0.6 is 15.9 Å². The average molecular weight is 373 g/mol. The Labute approximate surface area is 141 Å². The molecule has 2 aromatic heterocycles. The lowest BCUT2D eigenvalue weighted by atomic mass is 10.3. The molecule has 7 heteroatoms. The highest BCUT2D eigenvalue weighted by atomic mass is 79.9. The molecule has 0 aliphatic heterocycles. The first-order chi connectivity index (χ1) is 11.2. The van der Waals surface area contributed by atoms with Crippen LogP contribution < -0.4 is 10.6 Å². The van der Waals surface area contributed by atoms with Gasteiger partial charge in [-0.1, -0.05) is 15.9 Å². The summed E-state index contributed by atoms with van der Waals surface area (Å²) in [6, 6.07) is 11.2. The van der Waals surface area contributed by atoms with Crippen molar-refractivity contribution >= 4 is 33.5 Å². The highest BCUT2D eigenvalue weighted by molar-refractivity contribution is 9.10. The van der Waals surface area contributed by atoms with Crippen molar-refractivity contribution in [2.75, 3.05) is 5.32 Å². The second-order valence-corrected chi connectivity index (χ2v) is 5.60. The van der Waals surface area contributed by atoms with Crippen LogP contribution in [0.1, 0.15) is 16.1 Å². The van der Waals surface area contributed by atoms with Gasteiger partial charge in [0.1, 0.15) is 5.76 Å². The summed E-state index contributed by atoms with van der Waals surface area (Å²) in [4.78, 5) is 20.3. The largest absolute Gasteiger partial charge is 0.467 e. The Morgan fingerprint density at radius 3 is 2.52 bits per heavy atom. The van der Waals surface area contributed by atoms with Crippen LogP contribution in [0.15, 0.2) is 63.9 Å². The van der Waals surface area contributed by atoms with E-state index in [-0.39, 0.29) is 5.91 Å². The number of hydrogen-bond acceptors (Lipinski definition) is 5. The van der Waals surface area contributed by atoms with Crippen LogP contribution in [-0.4, -0.2) is 15.9 Å². The van der Waals surface area contributed by atoms with Gasteiger partial charge in [-0.3, -0.25) is 4.79 Å².